The minimum atomic E-state index is 0.877. The number of rotatable bonds is 4. The number of allylic oxidation sites excluding steroid dienone is 5. The van der Waals surface area contributed by atoms with E-state index in [2.05, 4.69) is 18.2 Å². The lowest BCUT2D eigenvalue weighted by atomic mass is 10.3. The van der Waals surface area contributed by atoms with Crippen molar-refractivity contribution in [3.05, 3.63) is 49.2 Å². The van der Waals surface area contributed by atoms with E-state index in [0.29, 0.717) is 0 Å². The summed E-state index contributed by atoms with van der Waals surface area (Å²) >= 11 is 0. The predicted octanol–water partition coefficient (Wildman–Crippen LogP) is 2.89. The molecular weight excluding hydrogens is 134 g/mol. The molecule has 0 saturated carbocycles. The number of aliphatic imine (C=N–C) groups is 1. The van der Waals surface area contributed by atoms with Gasteiger partial charge in [0.05, 0.1) is 5.70 Å². The van der Waals surface area contributed by atoms with E-state index >= 15 is 0 Å². The third-order valence-electron chi connectivity index (χ3n) is 0.970. The van der Waals surface area contributed by atoms with E-state index in [1.165, 1.54) is 0 Å². The zero-order chi connectivity index (χ0) is 8.53. The summed E-state index contributed by atoms with van der Waals surface area (Å²) in [6, 6.07) is 0. The van der Waals surface area contributed by atoms with Crippen molar-refractivity contribution in [2.45, 2.75) is 6.92 Å². The summed E-state index contributed by atoms with van der Waals surface area (Å²) in [6.45, 7) is 9.02. The van der Waals surface area contributed by atoms with E-state index in [0.717, 1.165) is 5.70 Å². The van der Waals surface area contributed by atoms with Crippen LogP contribution in [0.1, 0.15) is 6.92 Å². The van der Waals surface area contributed by atoms with Crippen LogP contribution in [0.4, 0.5) is 0 Å². The molecule has 0 rings (SSSR count). The Morgan fingerprint density at radius 1 is 1.27 bits per heavy atom. The quantitative estimate of drug-likeness (QED) is 0.428. The second-order valence-electron chi connectivity index (χ2n) is 1.81. The predicted molar refractivity (Wildman–Crippen MR) is 51.8 cm³/mol. The van der Waals surface area contributed by atoms with Crippen LogP contribution >= 0.6 is 0 Å². The fourth-order valence-corrected chi connectivity index (χ4v) is 0.578. The molecule has 0 N–H and O–H groups in total. The monoisotopic (exact) mass is 147 g/mol. The molecule has 0 radical (unpaired) electrons. The maximum Gasteiger partial charge on any atom is 0.0625 e. The van der Waals surface area contributed by atoms with Crippen molar-refractivity contribution in [2.24, 2.45) is 4.99 Å². The van der Waals surface area contributed by atoms with E-state index < -0.39 is 0 Å². The van der Waals surface area contributed by atoms with Gasteiger partial charge in [-0.1, -0.05) is 31.4 Å². The van der Waals surface area contributed by atoms with Gasteiger partial charge in [-0.05, 0) is 19.1 Å². The summed E-state index contributed by atoms with van der Waals surface area (Å²) in [5, 5.41) is 0. The highest BCUT2D eigenvalue weighted by Gasteiger charge is 1.80. The zero-order valence-corrected chi connectivity index (χ0v) is 6.83. The van der Waals surface area contributed by atoms with E-state index in [-0.39, 0.29) is 0 Å². The summed E-state index contributed by atoms with van der Waals surface area (Å²) in [5.41, 5.74) is 0.877. The van der Waals surface area contributed by atoms with Gasteiger partial charge in [0.1, 0.15) is 0 Å². The summed E-state index contributed by atoms with van der Waals surface area (Å²) in [5.74, 6) is 0. The SMILES string of the molecule is C=C/C=C\C(=C/C=C)N=CC. The molecule has 1 nitrogen and oxygen atoms in total. The van der Waals surface area contributed by atoms with Crippen LogP contribution in [-0.4, -0.2) is 6.21 Å². The molecule has 1 heteroatoms. The van der Waals surface area contributed by atoms with Crippen molar-refractivity contribution >= 4 is 6.21 Å². The molecule has 0 saturated heterocycles. The lowest BCUT2D eigenvalue weighted by molar-refractivity contribution is 1.42. The summed E-state index contributed by atoms with van der Waals surface area (Å²) in [4.78, 5) is 4.08. The maximum absolute atomic E-state index is 4.08. The summed E-state index contributed by atoms with van der Waals surface area (Å²) in [7, 11) is 0. The summed E-state index contributed by atoms with van der Waals surface area (Å²) in [6.07, 6.45) is 10.7. The molecule has 0 aliphatic rings. The molecule has 0 spiro atoms. The van der Waals surface area contributed by atoms with Crippen LogP contribution in [0.2, 0.25) is 0 Å². The van der Waals surface area contributed by atoms with Crippen LogP contribution in [0.25, 0.3) is 0 Å². The highest BCUT2D eigenvalue weighted by molar-refractivity contribution is 5.56. The van der Waals surface area contributed by atoms with Gasteiger partial charge in [-0.15, -0.1) is 0 Å². The Morgan fingerprint density at radius 2 is 2.00 bits per heavy atom. The minimum absolute atomic E-state index is 0.877. The van der Waals surface area contributed by atoms with Crippen LogP contribution in [0, 0.1) is 0 Å². The van der Waals surface area contributed by atoms with Crippen molar-refractivity contribution in [1.82, 2.24) is 0 Å². The first-order valence-electron chi connectivity index (χ1n) is 3.45. The molecule has 0 aromatic heterocycles. The molecule has 0 heterocycles. The van der Waals surface area contributed by atoms with E-state index in [1.54, 1.807) is 18.4 Å². The van der Waals surface area contributed by atoms with Gasteiger partial charge < -0.3 is 0 Å². The third kappa shape index (κ3) is 5.09. The van der Waals surface area contributed by atoms with Gasteiger partial charge in [0.2, 0.25) is 0 Å². The Kier molecular flexibility index (Phi) is 5.91. The lowest BCUT2D eigenvalue weighted by Gasteiger charge is -1.87. The standard InChI is InChI=1S/C10H13N/c1-4-7-9-10(8-5-2)11-6-3/h4-9H,1-2H2,3H3/b9-7-,10-8+,11-6?. The van der Waals surface area contributed by atoms with E-state index in [9.17, 15) is 0 Å². The zero-order valence-electron chi connectivity index (χ0n) is 6.83. The normalized spacial score (nSPS) is 12.6. The molecule has 0 fully saturated rings. The molecule has 58 valence electrons. The first-order valence-corrected chi connectivity index (χ1v) is 3.45. The highest BCUT2D eigenvalue weighted by atomic mass is 14.7. The first kappa shape index (κ1) is 9.63. The molecule has 0 unspecified atom stereocenters. The van der Waals surface area contributed by atoms with E-state index in [4.69, 9.17) is 0 Å². The van der Waals surface area contributed by atoms with Gasteiger partial charge in [0, 0.05) is 6.21 Å². The van der Waals surface area contributed by atoms with E-state index in [1.807, 2.05) is 25.2 Å². The molecule has 0 aromatic carbocycles. The van der Waals surface area contributed by atoms with Gasteiger partial charge in [0.25, 0.3) is 0 Å². The van der Waals surface area contributed by atoms with Gasteiger partial charge in [-0.3, -0.25) is 4.99 Å². The number of nitrogens with zero attached hydrogens (tertiary/aromatic N) is 1. The molecule has 11 heavy (non-hydrogen) atoms. The number of hydrogen-bond donors (Lipinski definition) is 0. The second-order valence-corrected chi connectivity index (χ2v) is 1.81. The van der Waals surface area contributed by atoms with Crippen LogP contribution in [0.5, 0.6) is 0 Å². The Labute approximate surface area is 68.2 Å². The second kappa shape index (κ2) is 6.75. The molecular formula is C10H13N. The Bertz CT molecular complexity index is 207. The van der Waals surface area contributed by atoms with Gasteiger partial charge in [-0.2, -0.15) is 0 Å². The van der Waals surface area contributed by atoms with Crippen LogP contribution in [-0.2, 0) is 0 Å². The Balaban J connectivity index is 4.33. The van der Waals surface area contributed by atoms with Crippen molar-refractivity contribution in [3.63, 3.8) is 0 Å². The third-order valence-corrected chi connectivity index (χ3v) is 0.970. The smallest absolute Gasteiger partial charge is 0.0625 e. The Hall–Kier alpha value is -1.37. The molecule has 0 aromatic rings. The Morgan fingerprint density at radius 3 is 2.45 bits per heavy atom. The summed E-state index contributed by atoms with van der Waals surface area (Å²) < 4.78 is 0. The minimum Gasteiger partial charge on any atom is -0.262 e. The molecule has 0 amide bonds. The first-order chi connectivity index (χ1) is 5.35. The average Bonchev–Trinajstić information content (AvgIpc) is 2.01. The lowest BCUT2D eigenvalue weighted by Crippen LogP contribution is -1.70. The van der Waals surface area contributed by atoms with Gasteiger partial charge in [-0.25, -0.2) is 0 Å². The molecule has 0 aliphatic heterocycles. The van der Waals surface area contributed by atoms with Gasteiger partial charge >= 0.3 is 0 Å². The maximum atomic E-state index is 4.08. The van der Waals surface area contributed by atoms with Crippen molar-refractivity contribution in [2.75, 3.05) is 0 Å². The van der Waals surface area contributed by atoms with Gasteiger partial charge in [0.15, 0.2) is 0 Å². The van der Waals surface area contributed by atoms with Crippen LogP contribution < -0.4 is 0 Å². The molecule has 0 atom stereocenters. The topological polar surface area (TPSA) is 12.4 Å². The fraction of sp³-hybridized carbons (Fsp3) is 0.100. The molecule has 0 bridgehead atoms. The molecule has 0 aliphatic carbocycles. The van der Waals surface area contributed by atoms with Crippen LogP contribution in [0.15, 0.2) is 54.2 Å². The number of hydrogen-bond acceptors (Lipinski definition) is 1. The fourth-order valence-electron chi connectivity index (χ4n) is 0.578. The van der Waals surface area contributed by atoms with Crippen LogP contribution in [0.3, 0.4) is 0 Å². The van der Waals surface area contributed by atoms with Crippen molar-refractivity contribution in [3.8, 4) is 0 Å². The largest absolute Gasteiger partial charge is 0.262 e. The van der Waals surface area contributed by atoms with Crippen molar-refractivity contribution in [1.29, 1.82) is 0 Å². The van der Waals surface area contributed by atoms with Crippen molar-refractivity contribution < 1.29 is 0 Å². The average molecular weight is 147 g/mol. The highest BCUT2D eigenvalue weighted by Crippen LogP contribution is 1.98.